The van der Waals surface area contributed by atoms with E-state index in [1.807, 2.05) is 0 Å². The second-order valence-corrected chi connectivity index (χ2v) is 5.75. The summed E-state index contributed by atoms with van der Waals surface area (Å²) >= 11 is 7.73. The van der Waals surface area contributed by atoms with E-state index in [0.29, 0.717) is 11.0 Å². The molecule has 0 bridgehead atoms. The minimum atomic E-state index is 0.590. The van der Waals surface area contributed by atoms with E-state index < -0.39 is 0 Å². The molecular formula is C14H16ClN3S. The zero-order valence-corrected chi connectivity index (χ0v) is 12.8. The largest absolute Gasteiger partial charge is 0.357 e. The molecule has 0 atom stereocenters. The van der Waals surface area contributed by atoms with Gasteiger partial charge in [-0.25, -0.2) is 9.97 Å². The van der Waals surface area contributed by atoms with Crippen LogP contribution in [0.5, 0.6) is 0 Å². The lowest BCUT2D eigenvalue weighted by Gasteiger charge is -2.07. The van der Waals surface area contributed by atoms with Crippen LogP contribution in [0.15, 0.2) is 29.4 Å². The Morgan fingerprint density at radius 2 is 1.89 bits per heavy atom. The van der Waals surface area contributed by atoms with Gasteiger partial charge < -0.3 is 5.32 Å². The summed E-state index contributed by atoms with van der Waals surface area (Å²) in [5, 5.41) is 4.31. The summed E-state index contributed by atoms with van der Waals surface area (Å²) in [7, 11) is 1.79. The van der Waals surface area contributed by atoms with E-state index in [0.717, 1.165) is 10.8 Å². The van der Waals surface area contributed by atoms with E-state index in [-0.39, 0.29) is 0 Å². The average molecular weight is 294 g/mol. The molecule has 1 aromatic carbocycles. The summed E-state index contributed by atoms with van der Waals surface area (Å²) in [6, 6.07) is 6.55. The van der Waals surface area contributed by atoms with Gasteiger partial charge in [0.2, 0.25) is 5.95 Å². The third-order valence-corrected chi connectivity index (χ3v) is 4.04. The topological polar surface area (TPSA) is 37.8 Å². The van der Waals surface area contributed by atoms with Crippen LogP contribution in [0.25, 0.3) is 0 Å². The summed E-state index contributed by atoms with van der Waals surface area (Å²) in [5.74, 6) is 1.44. The quantitative estimate of drug-likeness (QED) is 0.681. The first-order chi connectivity index (χ1) is 9.08. The summed E-state index contributed by atoms with van der Waals surface area (Å²) in [4.78, 5) is 8.43. The van der Waals surface area contributed by atoms with Crippen LogP contribution in [-0.4, -0.2) is 17.0 Å². The molecule has 1 N–H and O–H groups in total. The van der Waals surface area contributed by atoms with Crippen LogP contribution in [-0.2, 0) is 5.75 Å². The number of nitrogens with zero attached hydrogens (tertiary/aromatic N) is 2. The third kappa shape index (κ3) is 3.85. The molecule has 0 aliphatic rings. The Kier molecular flexibility index (Phi) is 4.66. The summed E-state index contributed by atoms with van der Waals surface area (Å²) in [5.41, 5.74) is 3.84. The normalized spacial score (nSPS) is 10.5. The Morgan fingerprint density at radius 1 is 1.21 bits per heavy atom. The molecule has 0 radical (unpaired) electrons. The van der Waals surface area contributed by atoms with Gasteiger partial charge in [0.1, 0.15) is 5.03 Å². The van der Waals surface area contributed by atoms with E-state index >= 15 is 0 Å². The van der Waals surface area contributed by atoms with Crippen LogP contribution in [0.1, 0.15) is 16.7 Å². The minimum Gasteiger partial charge on any atom is -0.357 e. The summed E-state index contributed by atoms with van der Waals surface area (Å²) in [6.07, 6.45) is 1.63. The smallest absolute Gasteiger partial charge is 0.223 e. The molecule has 0 amide bonds. The standard InChI is InChI=1S/C14H16ClN3S/c1-9-4-10(2)6-11(5-9)8-19-13-12(15)7-17-14(16-3)18-13/h4-7H,8H2,1-3H3,(H,16,17,18). The van der Waals surface area contributed by atoms with E-state index in [9.17, 15) is 0 Å². The summed E-state index contributed by atoms with van der Waals surface area (Å²) in [6.45, 7) is 4.22. The predicted molar refractivity (Wildman–Crippen MR) is 82.1 cm³/mol. The van der Waals surface area contributed by atoms with Crippen molar-refractivity contribution >= 4 is 29.3 Å². The number of benzene rings is 1. The fourth-order valence-electron chi connectivity index (χ4n) is 1.88. The van der Waals surface area contributed by atoms with Gasteiger partial charge in [-0.05, 0) is 19.4 Å². The van der Waals surface area contributed by atoms with E-state index in [1.165, 1.54) is 16.7 Å². The predicted octanol–water partition coefficient (Wildman–Crippen LogP) is 4.08. The number of anilines is 1. The highest BCUT2D eigenvalue weighted by Crippen LogP contribution is 2.28. The molecule has 5 heteroatoms. The zero-order valence-electron chi connectivity index (χ0n) is 11.2. The van der Waals surface area contributed by atoms with Crippen molar-refractivity contribution in [2.45, 2.75) is 24.6 Å². The number of nitrogens with one attached hydrogen (secondary N) is 1. The molecule has 0 saturated carbocycles. The van der Waals surface area contributed by atoms with Gasteiger partial charge in [-0.2, -0.15) is 0 Å². The highest BCUT2D eigenvalue weighted by Gasteiger charge is 2.06. The van der Waals surface area contributed by atoms with E-state index in [4.69, 9.17) is 11.6 Å². The van der Waals surface area contributed by atoms with Crippen molar-refractivity contribution in [1.82, 2.24) is 9.97 Å². The third-order valence-electron chi connectivity index (χ3n) is 2.59. The van der Waals surface area contributed by atoms with Crippen LogP contribution in [0.2, 0.25) is 5.02 Å². The van der Waals surface area contributed by atoms with Crippen LogP contribution in [0.4, 0.5) is 5.95 Å². The van der Waals surface area contributed by atoms with Crippen molar-refractivity contribution in [1.29, 1.82) is 0 Å². The Hall–Kier alpha value is -1.26. The maximum atomic E-state index is 6.11. The monoisotopic (exact) mass is 293 g/mol. The molecular weight excluding hydrogens is 278 g/mol. The molecule has 0 fully saturated rings. The van der Waals surface area contributed by atoms with Crippen LogP contribution in [0, 0.1) is 13.8 Å². The number of hydrogen-bond donors (Lipinski definition) is 1. The SMILES string of the molecule is CNc1ncc(Cl)c(SCc2cc(C)cc(C)c2)n1. The molecule has 0 spiro atoms. The Labute approximate surface area is 122 Å². The maximum absolute atomic E-state index is 6.11. The van der Waals surface area contributed by atoms with Crippen molar-refractivity contribution in [3.05, 3.63) is 46.1 Å². The van der Waals surface area contributed by atoms with E-state index in [1.54, 1.807) is 25.0 Å². The van der Waals surface area contributed by atoms with E-state index in [2.05, 4.69) is 47.3 Å². The fourth-order valence-corrected chi connectivity index (χ4v) is 2.94. The van der Waals surface area contributed by atoms with Crippen LogP contribution >= 0.6 is 23.4 Å². The Bertz CT molecular complexity index is 567. The minimum absolute atomic E-state index is 0.590. The maximum Gasteiger partial charge on any atom is 0.223 e. The molecule has 100 valence electrons. The van der Waals surface area contributed by atoms with Crippen LogP contribution in [0.3, 0.4) is 0 Å². The molecule has 0 aliphatic carbocycles. The van der Waals surface area contributed by atoms with Gasteiger partial charge in [-0.15, -0.1) is 0 Å². The van der Waals surface area contributed by atoms with Crippen molar-refractivity contribution < 1.29 is 0 Å². The fraction of sp³-hybridized carbons (Fsp3) is 0.286. The first kappa shape index (κ1) is 14.2. The zero-order chi connectivity index (χ0) is 13.8. The van der Waals surface area contributed by atoms with Gasteiger partial charge >= 0.3 is 0 Å². The van der Waals surface area contributed by atoms with Gasteiger partial charge in [0.15, 0.2) is 0 Å². The van der Waals surface area contributed by atoms with Gasteiger partial charge in [0.05, 0.1) is 11.2 Å². The first-order valence-electron chi connectivity index (χ1n) is 5.99. The number of rotatable bonds is 4. The lowest BCUT2D eigenvalue weighted by Crippen LogP contribution is -1.97. The number of hydrogen-bond acceptors (Lipinski definition) is 4. The molecule has 3 nitrogen and oxygen atoms in total. The van der Waals surface area contributed by atoms with Gasteiger partial charge in [-0.3, -0.25) is 0 Å². The lowest BCUT2D eigenvalue weighted by atomic mass is 10.1. The molecule has 1 aromatic heterocycles. The molecule has 0 unspecified atom stereocenters. The van der Waals surface area contributed by atoms with Gasteiger partial charge in [0.25, 0.3) is 0 Å². The summed E-state index contributed by atoms with van der Waals surface area (Å²) < 4.78 is 0. The first-order valence-corrected chi connectivity index (χ1v) is 7.35. The number of thioether (sulfide) groups is 1. The Balaban J connectivity index is 2.13. The number of halogens is 1. The lowest BCUT2D eigenvalue weighted by molar-refractivity contribution is 1.04. The number of aromatic nitrogens is 2. The second kappa shape index (κ2) is 6.26. The van der Waals surface area contributed by atoms with Gasteiger partial charge in [0, 0.05) is 12.8 Å². The molecule has 19 heavy (non-hydrogen) atoms. The highest BCUT2D eigenvalue weighted by atomic mass is 35.5. The van der Waals surface area contributed by atoms with Crippen molar-refractivity contribution in [2.75, 3.05) is 12.4 Å². The molecule has 0 aliphatic heterocycles. The molecule has 2 rings (SSSR count). The number of aryl methyl sites for hydroxylation is 2. The van der Waals surface area contributed by atoms with Gasteiger partial charge in [-0.1, -0.05) is 52.7 Å². The molecule has 1 heterocycles. The Morgan fingerprint density at radius 3 is 2.53 bits per heavy atom. The molecule has 2 aromatic rings. The van der Waals surface area contributed by atoms with Crippen molar-refractivity contribution in [2.24, 2.45) is 0 Å². The second-order valence-electron chi connectivity index (χ2n) is 4.38. The van der Waals surface area contributed by atoms with Crippen molar-refractivity contribution in [3.63, 3.8) is 0 Å². The average Bonchev–Trinajstić information content (AvgIpc) is 2.37. The van der Waals surface area contributed by atoms with Crippen molar-refractivity contribution in [3.8, 4) is 0 Å². The highest BCUT2D eigenvalue weighted by molar-refractivity contribution is 7.98. The molecule has 0 saturated heterocycles. The van der Waals surface area contributed by atoms with Crippen LogP contribution < -0.4 is 5.32 Å².